The van der Waals surface area contributed by atoms with E-state index in [1.165, 1.54) is 11.3 Å². The molecule has 2 aromatic rings. The normalized spacial score (nSPS) is 10.2. The number of nitrogens with zero attached hydrogens (tertiary/aromatic N) is 1. The molecule has 5 heteroatoms. The van der Waals surface area contributed by atoms with Crippen molar-refractivity contribution in [1.82, 2.24) is 4.98 Å². The molecule has 1 aromatic carbocycles. The number of aryl methyl sites for hydroxylation is 2. The quantitative estimate of drug-likeness (QED) is 0.859. The van der Waals surface area contributed by atoms with Crippen LogP contribution in [0.4, 0.5) is 5.13 Å². The van der Waals surface area contributed by atoms with E-state index >= 15 is 0 Å². The lowest BCUT2D eigenvalue weighted by Gasteiger charge is -2.06. The summed E-state index contributed by atoms with van der Waals surface area (Å²) in [5.74, 6) is -0.334. The first-order chi connectivity index (χ1) is 8.08. The number of hydrogen-bond donors (Lipinski definition) is 2. The number of para-hydroxylation sites is 1. The number of aromatic hydroxyl groups is 1. The van der Waals surface area contributed by atoms with E-state index in [1.807, 2.05) is 12.3 Å². The van der Waals surface area contributed by atoms with E-state index in [2.05, 4.69) is 10.3 Å². The van der Waals surface area contributed by atoms with Crippen molar-refractivity contribution >= 4 is 22.4 Å². The molecule has 1 aromatic heterocycles. The average molecular weight is 248 g/mol. The summed E-state index contributed by atoms with van der Waals surface area (Å²) in [6.07, 6.45) is 0. The molecule has 4 nitrogen and oxygen atoms in total. The number of amides is 1. The van der Waals surface area contributed by atoms with Crippen LogP contribution in [0.3, 0.4) is 0 Å². The predicted molar refractivity (Wildman–Crippen MR) is 67.6 cm³/mol. The van der Waals surface area contributed by atoms with Gasteiger partial charge in [-0.2, -0.15) is 0 Å². The van der Waals surface area contributed by atoms with Crippen LogP contribution in [-0.4, -0.2) is 16.0 Å². The third-order valence-corrected chi connectivity index (χ3v) is 3.20. The van der Waals surface area contributed by atoms with Gasteiger partial charge in [0.25, 0.3) is 5.91 Å². The number of aromatic nitrogens is 1. The van der Waals surface area contributed by atoms with Gasteiger partial charge in [0.2, 0.25) is 0 Å². The van der Waals surface area contributed by atoms with E-state index in [4.69, 9.17) is 0 Å². The maximum absolute atomic E-state index is 11.9. The van der Waals surface area contributed by atoms with Gasteiger partial charge >= 0.3 is 0 Å². The van der Waals surface area contributed by atoms with E-state index in [1.54, 1.807) is 25.1 Å². The second-order valence-corrected chi connectivity index (χ2v) is 4.58. The fourth-order valence-corrected chi connectivity index (χ4v) is 2.10. The molecule has 0 saturated heterocycles. The highest BCUT2D eigenvalue weighted by atomic mass is 32.1. The van der Waals surface area contributed by atoms with Crippen LogP contribution in [0.25, 0.3) is 0 Å². The van der Waals surface area contributed by atoms with Crippen LogP contribution in [0.5, 0.6) is 5.75 Å². The highest BCUT2D eigenvalue weighted by Crippen LogP contribution is 2.23. The number of phenolic OH excluding ortho intramolecular Hbond substituents is 1. The van der Waals surface area contributed by atoms with Crippen LogP contribution in [0.2, 0.25) is 0 Å². The van der Waals surface area contributed by atoms with Crippen LogP contribution >= 0.6 is 11.3 Å². The van der Waals surface area contributed by atoms with Crippen molar-refractivity contribution < 1.29 is 9.90 Å². The number of hydrogen-bond acceptors (Lipinski definition) is 4. The van der Waals surface area contributed by atoms with Gasteiger partial charge in [-0.3, -0.25) is 10.1 Å². The lowest BCUT2D eigenvalue weighted by molar-refractivity contribution is 0.102. The molecule has 0 radical (unpaired) electrons. The first kappa shape index (κ1) is 11.6. The molecule has 0 aliphatic heterocycles. The zero-order chi connectivity index (χ0) is 12.4. The van der Waals surface area contributed by atoms with Crippen molar-refractivity contribution in [3.05, 3.63) is 40.4 Å². The Hall–Kier alpha value is -1.88. The Labute approximate surface area is 103 Å². The first-order valence-electron chi connectivity index (χ1n) is 5.10. The zero-order valence-electron chi connectivity index (χ0n) is 9.52. The molecule has 88 valence electrons. The number of carbonyl (C=O) groups excluding carboxylic acids is 1. The molecule has 1 heterocycles. The third-order valence-electron chi connectivity index (χ3n) is 2.32. The minimum atomic E-state index is -0.347. The molecule has 0 atom stereocenters. The molecular formula is C12H12N2O2S. The van der Waals surface area contributed by atoms with Crippen molar-refractivity contribution in [2.75, 3.05) is 5.32 Å². The summed E-state index contributed by atoms with van der Waals surface area (Å²) >= 11 is 1.36. The van der Waals surface area contributed by atoms with Gasteiger partial charge in [-0.15, -0.1) is 11.3 Å². The van der Waals surface area contributed by atoms with Crippen molar-refractivity contribution in [2.24, 2.45) is 0 Å². The lowest BCUT2D eigenvalue weighted by Crippen LogP contribution is -2.12. The van der Waals surface area contributed by atoms with Gasteiger partial charge in [0, 0.05) is 5.38 Å². The summed E-state index contributed by atoms with van der Waals surface area (Å²) in [5.41, 5.74) is 1.80. The standard InChI is InChI=1S/C12H12N2O2S/c1-7-4-3-5-9(10(7)15)11(16)14-12-13-8(2)6-17-12/h3-6,15H,1-2H3,(H,13,14,16). The monoisotopic (exact) mass is 248 g/mol. The zero-order valence-corrected chi connectivity index (χ0v) is 10.3. The molecule has 0 spiro atoms. The summed E-state index contributed by atoms with van der Waals surface area (Å²) in [4.78, 5) is 16.0. The van der Waals surface area contributed by atoms with Crippen molar-refractivity contribution in [3.8, 4) is 5.75 Å². The van der Waals surface area contributed by atoms with E-state index < -0.39 is 0 Å². The van der Waals surface area contributed by atoms with Gasteiger partial charge in [-0.25, -0.2) is 4.98 Å². The van der Waals surface area contributed by atoms with Crippen molar-refractivity contribution in [2.45, 2.75) is 13.8 Å². The fraction of sp³-hybridized carbons (Fsp3) is 0.167. The summed E-state index contributed by atoms with van der Waals surface area (Å²) in [7, 11) is 0. The highest BCUT2D eigenvalue weighted by Gasteiger charge is 2.13. The molecule has 0 saturated carbocycles. The Morgan fingerprint density at radius 1 is 1.41 bits per heavy atom. The van der Waals surface area contributed by atoms with Crippen LogP contribution in [-0.2, 0) is 0 Å². The fourth-order valence-electron chi connectivity index (χ4n) is 1.42. The van der Waals surface area contributed by atoms with E-state index in [-0.39, 0.29) is 17.2 Å². The smallest absolute Gasteiger partial charge is 0.261 e. The van der Waals surface area contributed by atoms with Crippen molar-refractivity contribution in [3.63, 3.8) is 0 Å². The molecule has 2 rings (SSSR count). The summed E-state index contributed by atoms with van der Waals surface area (Å²) in [5, 5.41) is 14.8. The molecule has 17 heavy (non-hydrogen) atoms. The van der Waals surface area contributed by atoms with Gasteiger partial charge in [0.1, 0.15) is 5.75 Å². The number of benzene rings is 1. The van der Waals surface area contributed by atoms with Gasteiger partial charge in [-0.05, 0) is 25.5 Å². The van der Waals surface area contributed by atoms with Crippen LogP contribution < -0.4 is 5.32 Å². The van der Waals surface area contributed by atoms with Gasteiger partial charge in [-0.1, -0.05) is 12.1 Å². The van der Waals surface area contributed by atoms with Gasteiger partial charge in [0.05, 0.1) is 11.3 Å². The maximum atomic E-state index is 11.9. The summed E-state index contributed by atoms with van der Waals surface area (Å²) in [6.45, 7) is 3.61. The van der Waals surface area contributed by atoms with E-state index in [0.29, 0.717) is 10.7 Å². The molecule has 0 bridgehead atoms. The Kier molecular flexibility index (Phi) is 3.10. The number of thiazole rings is 1. The van der Waals surface area contributed by atoms with Crippen molar-refractivity contribution in [1.29, 1.82) is 0 Å². The Morgan fingerprint density at radius 2 is 2.18 bits per heavy atom. The van der Waals surface area contributed by atoms with Crippen LogP contribution in [0, 0.1) is 13.8 Å². The minimum absolute atomic E-state index is 0.0123. The topological polar surface area (TPSA) is 62.2 Å². The van der Waals surface area contributed by atoms with E-state index in [0.717, 1.165) is 5.69 Å². The summed E-state index contributed by atoms with van der Waals surface area (Å²) in [6, 6.07) is 5.06. The molecule has 2 N–H and O–H groups in total. The number of phenols is 1. The number of carbonyl (C=O) groups is 1. The molecule has 1 amide bonds. The first-order valence-corrected chi connectivity index (χ1v) is 5.98. The summed E-state index contributed by atoms with van der Waals surface area (Å²) < 4.78 is 0. The largest absolute Gasteiger partial charge is 0.507 e. The van der Waals surface area contributed by atoms with Crippen LogP contribution in [0.1, 0.15) is 21.6 Å². The Morgan fingerprint density at radius 3 is 2.82 bits per heavy atom. The molecule has 0 fully saturated rings. The number of anilines is 1. The SMILES string of the molecule is Cc1csc(NC(=O)c2cccc(C)c2O)n1. The highest BCUT2D eigenvalue weighted by molar-refractivity contribution is 7.13. The molecule has 0 unspecified atom stereocenters. The predicted octanol–water partition coefficient (Wildman–Crippen LogP) is 2.72. The number of nitrogens with one attached hydrogen (secondary N) is 1. The second kappa shape index (κ2) is 4.55. The van der Waals surface area contributed by atoms with Gasteiger partial charge < -0.3 is 5.11 Å². The van der Waals surface area contributed by atoms with Gasteiger partial charge in [0.15, 0.2) is 5.13 Å². The molecular weight excluding hydrogens is 236 g/mol. The molecule has 0 aliphatic rings. The second-order valence-electron chi connectivity index (χ2n) is 3.72. The molecule has 0 aliphatic carbocycles. The minimum Gasteiger partial charge on any atom is -0.507 e. The number of rotatable bonds is 2. The third kappa shape index (κ3) is 2.45. The average Bonchev–Trinajstić information content (AvgIpc) is 2.68. The van der Waals surface area contributed by atoms with Crippen LogP contribution in [0.15, 0.2) is 23.6 Å². The Balaban J connectivity index is 2.23. The van der Waals surface area contributed by atoms with E-state index in [9.17, 15) is 9.90 Å². The maximum Gasteiger partial charge on any atom is 0.261 e. The Bertz CT molecular complexity index is 563. The lowest BCUT2D eigenvalue weighted by atomic mass is 10.1.